The van der Waals surface area contributed by atoms with Crippen LogP contribution in [0.2, 0.25) is 0 Å². The van der Waals surface area contributed by atoms with Crippen LogP contribution in [-0.2, 0) is 19.2 Å². The lowest BCUT2D eigenvalue weighted by atomic mass is 9.97. The number of aromatic hydroxyl groups is 1. The van der Waals surface area contributed by atoms with E-state index in [1.165, 1.54) is 31.2 Å². The van der Waals surface area contributed by atoms with Crippen molar-refractivity contribution in [2.24, 2.45) is 11.7 Å². The number of rotatable bonds is 10. The molecule has 2 heterocycles. The Hall–Kier alpha value is -3.34. The number of likely N-dealkylation sites (tertiary alicyclic amines) is 1. The van der Waals surface area contributed by atoms with E-state index in [2.05, 4.69) is 16.0 Å². The van der Waals surface area contributed by atoms with Crippen LogP contribution in [0.5, 0.6) is 5.75 Å². The molecule has 11 N–H and O–H groups in total. The number of carbonyl (C=O) groups is 4. The molecule has 0 bridgehead atoms. The average Bonchev–Trinajstić information content (AvgIpc) is 3.47. The summed E-state index contributed by atoms with van der Waals surface area (Å²) < 4.78 is 0. The van der Waals surface area contributed by atoms with Gasteiger partial charge in [-0.25, -0.2) is 0 Å². The molecule has 10 atom stereocenters. The largest absolute Gasteiger partial charge is 0.508 e. The number of benzene rings is 1. The standard InChI is InChI=1S/C25H37N5O10/c1-10-9-30(18(19(10)34)22(26)37)25(40)16(11(2)31)28-24(39)17(29-23(38)15-7-14(33)8-27-15)21(36)20(35)12-3-5-13(32)6-4-12/h3-6,10-11,14-21,27,31-36H,7-9H2,1-2H3,(H2,26,37)(H,28,39)(H,29,38)/t10-,11?,14+,15-,16-,17?,18?,19-,20-,21-/m0/s1. The zero-order chi connectivity index (χ0) is 29.9. The van der Waals surface area contributed by atoms with Crippen molar-refractivity contribution in [1.82, 2.24) is 20.9 Å². The molecule has 0 aromatic heterocycles. The molecular formula is C25H37N5O10. The Morgan fingerprint density at radius 3 is 2.20 bits per heavy atom. The van der Waals surface area contributed by atoms with Crippen molar-refractivity contribution >= 4 is 23.6 Å². The minimum absolute atomic E-state index is 0.0234. The van der Waals surface area contributed by atoms with Gasteiger partial charge in [0.1, 0.15) is 36.1 Å². The van der Waals surface area contributed by atoms with Gasteiger partial charge in [0.25, 0.3) is 0 Å². The summed E-state index contributed by atoms with van der Waals surface area (Å²) >= 11 is 0. The van der Waals surface area contributed by atoms with Gasteiger partial charge in [-0.15, -0.1) is 0 Å². The van der Waals surface area contributed by atoms with Crippen molar-refractivity contribution in [2.45, 2.75) is 75.0 Å². The number of aliphatic hydroxyl groups excluding tert-OH is 5. The van der Waals surface area contributed by atoms with Crippen molar-refractivity contribution in [3.05, 3.63) is 29.8 Å². The Morgan fingerprint density at radius 1 is 1.05 bits per heavy atom. The van der Waals surface area contributed by atoms with Crippen LogP contribution in [0.4, 0.5) is 0 Å². The molecule has 222 valence electrons. The van der Waals surface area contributed by atoms with Gasteiger partial charge in [0.15, 0.2) is 0 Å². The number of phenolic OH excluding ortho intramolecular Hbond substituents is 1. The van der Waals surface area contributed by atoms with Crippen LogP contribution in [-0.4, -0.2) is 121 Å². The summed E-state index contributed by atoms with van der Waals surface area (Å²) in [6.07, 6.45) is -7.31. The molecule has 3 unspecified atom stereocenters. The fourth-order valence-electron chi connectivity index (χ4n) is 4.91. The first-order chi connectivity index (χ1) is 18.7. The predicted molar refractivity (Wildman–Crippen MR) is 137 cm³/mol. The Balaban J connectivity index is 1.86. The fourth-order valence-corrected chi connectivity index (χ4v) is 4.91. The molecule has 2 fully saturated rings. The van der Waals surface area contributed by atoms with E-state index in [4.69, 9.17) is 5.73 Å². The van der Waals surface area contributed by atoms with Crippen molar-refractivity contribution in [2.75, 3.05) is 13.1 Å². The van der Waals surface area contributed by atoms with E-state index in [1.54, 1.807) is 6.92 Å². The van der Waals surface area contributed by atoms with E-state index in [9.17, 15) is 49.8 Å². The van der Waals surface area contributed by atoms with Crippen molar-refractivity contribution in [3.63, 3.8) is 0 Å². The van der Waals surface area contributed by atoms with Crippen LogP contribution in [0.1, 0.15) is 31.9 Å². The Labute approximate surface area is 230 Å². The van der Waals surface area contributed by atoms with Gasteiger partial charge in [-0.2, -0.15) is 0 Å². The molecule has 0 spiro atoms. The summed E-state index contributed by atoms with van der Waals surface area (Å²) in [5.41, 5.74) is 5.47. The second-order valence-electron chi connectivity index (χ2n) is 10.4. The normalized spacial score (nSPS) is 28.3. The summed E-state index contributed by atoms with van der Waals surface area (Å²) in [5.74, 6) is -4.50. The molecule has 15 nitrogen and oxygen atoms in total. The molecule has 1 aromatic rings. The van der Waals surface area contributed by atoms with E-state index in [1.807, 2.05) is 0 Å². The van der Waals surface area contributed by atoms with Gasteiger partial charge in [-0.05, 0) is 31.0 Å². The number of hydrogen-bond acceptors (Lipinski definition) is 11. The smallest absolute Gasteiger partial charge is 0.248 e. The Kier molecular flexibility index (Phi) is 10.0. The fraction of sp³-hybridized carbons (Fsp3) is 0.600. The maximum Gasteiger partial charge on any atom is 0.248 e. The van der Waals surface area contributed by atoms with Crippen molar-refractivity contribution in [1.29, 1.82) is 0 Å². The minimum atomic E-state index is -1.98. The number of nitrogens with two attached hydrogens (primary N) is 1. The molecule has 15 heteroatoms. The highest BCUT2D eigenvalue weighted by atomic mass is 16.3. The maximum atomic E-state index is 13.4. The molecule has 40 heavy (non-hydrogen) atoms. The lowest BCUT2D eigenvalue weighted by Crippen LogP contribution is -2.63. The van der Waals surface area contributed by atoms with Crippen LogP contribution in [0.25, 0.3) is 0 Å². The van der Waals surface area contributed by atoms with Crippen molar-refractivity contribution < 1.29 is 49.8 Å². The molecule has 2 aliphatic rings. The Bertz CT molecular complexity index is 1090. The van der Waals surface area contributed by atoms with E-state index in [0.29, 0.717) is 0 Å². The zero-order valence-corrected chi connectivity index (χ0v) is 22.0. The lowest BCUT2D eigenvalue weighted by molar-refractivity contribution is -0.146. The van der Waals surface area contributed by atoms with E-state index in [0.717, 1.165) is 4.90 Å². The van der Waals surface area contributed by atoms with E-state index < -0.39 is 84.2 Å². The highest BCUT2D eigenvalue weighted by Gasteiger charge is 2.47. The second-order valence-corrected chi connectivity index (χ2v) is 10.4. The second kappa shape index (κ2) is 12.9. The van der Waals surface area contributed by atoms with Gasteiger partial charge in [-0.3, -0.25) is 19.2 Å². The molecule has 0 radical (unpaired) electrons. The average molecular weight is 568 g/mol. The lowest BCUT2D eigenvalue weighted by Gasteiger charge is -2.32. The number of primary amides is 1. The summed E-state index contributed by atoms with van der Waals surface area (Å²) in [5, 5.41) is 69.1. The number of nitrogens with zero attached hydrogens (tertiary/aromatic N) is 1. The van der Waals surface area contributed by atoms with Crippen LogP contribution in [0.15, 0.2) is 24.3 Å². The molecule has 3 rings (SSSR count). The number of phenols is 1. The molecular weight excluding hydrogens is 530 g/mol. The van der Waals surface area contributed by atoms with Crippen LogP contribution >= 0.6 is 0 Å². The molecule has 2 aliphatic heterocycles. The third kappa shape index (κ3) is 6.86. The number of amides is 4. The SMILES string of the molecule is CC(O)[C@H](NC(=O)C(NC(=O)[C@@H]1C[C@@H](O)CN1)[C@H](O)[C@@H](O)c1ccc(O)cc1)C(=O)N1C[C@H](C)[C@H](O)C1C(N)=O. The first-order valence-corrected chi connectivity index (χ1v) is 12.9. The maximum absolute atomic E-state index is 13.4. The highest BCUT2D eigenvalue weighted by molar-refractivity contribution is 5.95. The van der Waals surface area contributed by atoms with Gasteiger partial charge in [0.2, 0.25) is 23.6 Å². The van der Waals surface area contributed by atoms with Crippen LogP contribution in [0, 0.1) is 5.92 Å². The molecule has 2 saturated heterocycles. The third-order valence-corrected chi connectivity index (χ3v) is 7.25. The zero-order valence-electron chi connectivity index (χ0n) is 22.0. The number of β-amino-alcohol motifs (C(OH)–C–C–N with tert-alkyl or cyclic N) is 1. The van der Waals surface area contributed by atoms with Gasteiger partial charge in [0, 0.05) is 19.0 Å². The monoisotopic (exact) mass is 567 g/mol. The van der Waals surface area contributed by atoms with E-state index in [-0.39, 0.29) is 30.8 Å². The molecule has 4 amide bonds. The van der Waals surface area contributed by atoms with Gasteiger partial charge in [0.05, 0.1) is 24.4 Å². The molecule has 1 aromatic carbocycles. The first kappa shape index (κ1) is 31.2. The Morgan fingerprint density at radius 2 is 1.68 bits per heavy atom. The summed E-state index contributed by atoms with van der Waals surface area (Å²) in [7, 11) is 0. The van der Waals surface area contributed by atoms with Crippen LogP contribution in [0.3, 0.4) is 0 Å². The highest BCUT2D eigenvalue weighted by Crippen LogP contribution is 2.25. The number of nitrogens with one attached hydrogen (secondary N) is 3. The topological polar surface area (TPSA) is 255 Å². The minimum Gasteiger partial charge on any atom is -0.508 e. The molecule has 0 aliphatic carbocycles. The third-order valence-electron chi connectivity index (χ3n) is 7.25. The van der Waals surface area contributed by atoms with E-state index >= 15 is 0 Å². The predicted octanol–water partition coefficient (Wildman–Crippen LogP) is -4.45. The van der Waals surface area contributed by atoms with Gasteiger partial charge in [-0.1, -0.05) is 19.1 Å². The quantitative estimate of drug-likeness (QED) is 0.129. The number of carbonyl (C=O) groups excluding carboxylic acids is 4. The summed E-state index contributed by atoms with van der Waals surface area (Å²) in [6, 6.07) is -0.798. The van der Waals surface area contributed by atoms with Gasteiger partial charge >= 0.3 is 0 Å². The number of hydrogen-bond donors (Lipinski definition) is 10. The first-order valence-electron chi connectivity index (χ1n) is 12.9. The van der Waals surface area contributed by atoms with Crippen LogP contribution < -0.4 is 21.7 Å². The molecule has 0 saturated carbocycles. The summed E-state index contributed by atoms with van der Waals surface area (Å²) in [4.78, 5) is 52.6. The summed E-state index contributed by atoms with van der Waals surface area (Å²) in [6.45, 7) is 2.81. The van der Waals surface area contributed by atoms with Crippen molar-refractivity contribution in [3.8, 4) is 5.75 Å². The number of aliphatic hydroxyl groups is 5. The van der Waals surface area contributed by atoms with Gasteiger partial charge < -0.3 is 57.2 Å².